The van der Waals surface area contributed by atoms with Crippen molar-refractivity contribution in [2.45, 2.75) is 13.1 Å². The van der Waals surface area contributed by atoms with Gasteiger partial charge in [-0.15, -0.1) is 0 Å². The number of ether oxygens (including phenoxy) is 1. The number of nitro groups is 1. The zero-order chi connectivity index (χ0) is 20.5. The van der Waals surface area contributed by atoms with Crippen molar-refractivity contribution >= 4 is 38.3 Å². The van der Waals surface area contributed by atoms with E-state index in [0.29, 0.717) is 15.8 Å². The van der Waals surface area contributed by atoms with E-state index in [1.54, 1.807) is 6.92 Å². The van der Waals surface area contributed by atoms with Gasteiger partial charge in [-0.2, -0.15) is 13.2 Å². The summed E-state index contributed by atoms with van der Waals surface area (Å²) in [7, 11) is 0. The van der Waals surface area contributed by atoms with Crippen LogP contribution >= 0.6 is 11.3 Å². The van der Waals surface area contributed by atoms with Gasteiger partial charge in [0.15, 0.2) is 11.7 Å². The predicted molar refractivity (Wildman–Crippen MR) is 97.0 cm³/mol. The Hall–Kier alpha value is -3.21. The Morgan fingerprint density at radius 1 is 1.29 bits per heavy atom. The molecule has 0 spiro atoms. The van der Waals surface area contributed by atoms with Gasteiger partial charge < -0.3 is 4.74 Å². The minimum atomic E-state index is -4.45. The molecule has 3 aromatic rings. The van der Waals surface area contributed by atoms with Crippen molar-refractivity contribution < 1.29 is 27.6 Å². The zero-order valence-electron chi connectivity index (χ0n) is 14.2. The second kappa shape index (κ2) is 7.43. The molecule has 1 aromatic heterocycles. The number of benzene rings is 2. The number of hydrogen-bond acceptors (Lipinski definition) is 6. The van der Waals surface area contributed by atoms with Gasteiger partial charge in [-0.3, -0.25) is 20.2 Å². The number of rotatable bonds is 5. The van der Waals surface area contributed by atoms with Gasteiger partial charge in [0, 0.05) is 17.2 Å². The number of fused-ring (bicyclic) bond motifs is 1. The third-order valence-electron chi connectivity index (χ3n) is 3.65. The van der Waals surface area contributed by atoms with E-state index in [2.05, 4.69) is 15.0 Å². The number of nitro benzene ring substituents is 1. The molecule has 1 N–H and O–H groups in total. The van der Waals surface area contributed by atoms with Crippen LogP contribution in [0.5, 0.6) is 5.75 Å². The highest BCUT2D eigenvalue weighted by atomic mass is 32.1. The fourth-order valence-electron chi connectivity index (χ4n) is 2.33. The Kier molecular flexibility index (Phi) is 5.18. The molecule has 0 saturated carbocycles. The monoisotopic (exact) mass is 411 g/mol. The number of nitrogens with zero attached hydrogens (tertiary/aromatic N) is 2. The Bertz CT molecular complexity index is 1070. The van der Waals surface area contributed by atoms with Crippen molar-refractivity contribution in [3.8, 4) is 5.75 Å². The van der Waals surface area contributed by atoms with E-state index in [0.717, 1.165) is 11.3 Å². The number of halogens is 3. The van der Waals surface area contributed by atoms with Gasteiger partial charge in [-0.25, -0.2) is 4.98 Å². The molecule has 0 unspecified atom stereocenters. The van der Waals surface area contributed by atoms with Crippen molar-refractivity contribution in [3.05, 3.63) is 57.6 Å². The number of aryl methyl sites for hydroxylation is 1. The molecule has 0 bridgehead atoms. The molecule has 0 aliphatic rings. The van der Waals surface area contributed by atoms with Crippen molar-refractivity contribution in [3.63, 3.8) is 0 Å². The maximum Gasteiger partial charge on any atom is 0.422 e. The first-order chi connectivity index (χ1) is 13.1. The topological polar surface area (TPSA) is 94.4 Å². The highest BCUT2D eigenvalue weighted by molar-refractivity contribution is 7.22. The van der Waals surface area contributed by atoms with E-state index in [9.17, 15) is 28.1 Å². The average molecular weight is 411 g/mol. The van der Waals surface area contributed by atoms with Gasteiger partial charge in [0.25, 0.3) is 11.6 Å². The third-order valence-corrected chi connectivity index (χ3v) is 4.58. The maximum absolute atomic E-state index is 12.3. The number of nitrogens with one attached hydrogen (secondary N) is 1. The van der Waals surface area contributed by atoms with Crippen molar-refractivity contribution in [2.75, 3.05) is 11.9 Å². The Balaban J connectivity index is 1.78. The van der Waals surface area contributed by atoms with Crippen LogP contribution in [-0.2, 0) is 0 Å². The van der Waals surface area contributed by atoms with E-state index in [1.165, 1.54) is 36.4 Å². The molecular formula is C17H12F3N3O4S. The van der Waals surface area contributed by atoms with Crippen LogP contribution in [0.15, 0.2) is 36.4 Å². The molecule has 7 nitrogen and oxygen atoms in total. The van der Waals surface area contributed by atoms with Crippen LogP contribution < -0.4 is 10.1 Å². The van der Waals surface area contributed by atoms with Crippen LogP contribution in [-0.4, -0.2) is 28.6 Å². The number of aromatic nitrogens is 1. The standard InChI is InChI=1S/C17H12F3N3O4S/c1-9-2-3-10(6-13(9)23(25)26)15(24)22-16-21-12-5-4-11(7-14(12)28-16)27-8-17(18,19)20/h2-7H,8H2,1H3,(H,21,22,24). The normalized spacial score (nSPS) is 11.4. The summed E-state index contributed by atoms with van der Waals surface area (Å²) >= 11 is 1.04. The minimum Gasteiger partial charge on any atom is -0.484 e. The lowest BCUT2D eigenvalue weighted by molar-refractivity contribution is -0.385. The molecule has 0 aliphatic heterocycles. The molecule has 0 radical (unpaired) electrons. The maximum atomic E-state index is 12.3. The second-order valence-electron chi connectivity index (χ2n) is 5.76. The van der Waals surface area contributed by atoms with Crippen LogP contribution in [0.3, 0.4) is 0 Å². The fourth-order valence-corrected chi connectivity index (χ4v) is 3.22. The highest BCUT2D eigenvalue weighted by Gasteiger charge is 2.28. The summed E-state index contributed by atoms with van der Waals surface area (Å²) in [4.78, 5) is 26.9. The van der Waals surface area contributed by atoms with E-state index in [-0.39, 0.29) is 22.1 Å². The lowest BCUT2D eigenvalue weighted by Gasteiger charge is -2.08. The van der Waals surface area contributed by atoms with Crippen LogP contribution in [0, 0.1) is 17.0 Å². The summed E-state index contributed by atoms with van der Waals surface area (Å²) in [5.41, 5.74) is 0.802. The number of hydrogen-bond donors (Lipinski definition) is 1. The van der Waals surface area contributed by atoms with Gasteiger partial charge in [-0.1, -0.05) is 17.4 Å². The molecule has 0 saturated heterocycles. The first-order valence-electron chi connectivity index (χ1n) is 7.79. The zero-order valence-corrected chi connectivity index (χ0v) is 15.1. The largest absolute Gasteiger partial charge is 0.484 e. The van der Waals surface area contributed by atoms with Crippen molar-refractivity contribution in [1.29, 1.82) is 0 Å². The summed E-state index contributed by atoms with van der Waals surface area (Å²) in [6.45, 7) is 0.152. The van der Waals surface area contributed by atoms with Crippen molar-refractivity contribution in [2.24, 2.45) is 0 Å². The van der Waals surface area contributed by atoms with E-state index < -0.39 is 23.6 Å². The van der Waals surface area contributed by atoms with Gasteiger partial charge in [0.1, 0.15) is 5.75 Å². The SMILES string of the molecule is Cc1ccc(C(=O)Nc2nc3ccc(OCC(F)(F)F)cc3s2)cc1[N+](=O)[O-]. The molecule has 11 heteroatoms. The smallest absolute Gasteiger partial charge is 0.422 e. The molecule has 0 fully saturated rings. The molecule has 28 heavy (non-hydrogen) atoms. The van der Waals surface area contributed by atoms with Gasteiger partial charge in [0.2, 0.25) is 0 Å². The van der Waals surface area contributed by atoms with Crippen LogP contribution in [0.4, 0.5) is 24.0 Å². The quantitative estimate of drug-likeness (QED) is 0.485. The third kappa shape index (κ3) is 4.55. The number of thiazole rings is 1. The van der Waals surface area contributed by atoms with E-state index in [1.807, 2.05) is 0 Å². The Morgan fingerprint density at radius 2 is 2.04 bits per heavy atom. The first kappa shape index (κ1) is 19.5. The molecule has 1 heterocycles. The Morgan fingerprint density at radius 3 is 2.71 bits per heavy atom. The molecule has 146 valence electrons. The first-order valence-corrected chi connectivity index (χ1v) is 8.60. The number of alkyl halides is 3. The summed E-state index contributed by atoms with van der Waals surface area (Å²) in [6.07, 6.45) is -4.45. The summed E-state index contributed by atoms with van der Waals surface area (Å²) in [6, 6.07) is 8.31. The number of amides is 1. The molecule has 2 aromatic carbocycles. The lowest BCUT2D eigenvalue weighted by Crippen LogP contribution is -2.19. The van der Waals surface area contributed by atoms with E-state index in [4.69, 9.17) is 0 Å². The molecule has 0 aliphatic carbocycles. The predicted octanol–water partition coefficient (Wildman–Crippen LogP) is 4.71. The van der Waals surface area contributed by atoms with E-state index >= 15 is 0 Å². The molecule has 3 rings (SSSR count). The number of carbonyl (C=O) groups excluding carboxylic acids is 1. The summed E-state index contributed by atoms with van der Waals surface area (Å²) < 4.78 is 41.9. The molecular weight excluding hydrogens is 399 g/mol. The van der Waals surface area contributed by atoms with Crippen LogP contribution in [0.1, 0.15) is 15.9 Å². The summed E-state index contributed by atoms with van der Waals surface area (Å²) in [5, 5.41) is 13.7. The van der Waals surface area contributed by atoms with Crippen LogP contribution in [0.2, 0.25) is 0 Å². The van der Waals surface area contributed by atoms with Gasteiger partial charge >= 0.3 is 6.18 Å². The number of anilines is 1. The fraction of sp³-hybridized carbons (Fsp3) is 0.176. The number of carbonyl (C=O) groups is 1. The second-order valence-corrected chi connectivity index (χ2v) is 6.80. The van der Waals surface area contributed by atoms with Gasteiger partial charge in [-0.05, 0) is 31.2 Å². The highest BCUT2D eigenvalue weighted by Crippen LogP contribution is 2.30. The average Bonchev–Trinajstić information content (AvgIpc) is 3.00. The minimum absolute atomic E-state index is 0.0283. The van der Waals surface area contributed by atoms with Crippen LogP contribution in [0.25, 0.3) is 10.2 Å². The summed E-state index contributed by atoms with van der Waals surface area (Å²) in [5.74, 6) is -0.559. The molecule has 0 atom stereocenters. The molecule has 1 amide bonds. The lowest BCUT2D eigenvalue weighted by atomic mass is 10.1. The Labute approximate surface area is 159 Å². The van der Waals surface area contributed by atoms with Gasteiger partial charge in [0.05, 0.1) is 15.1 Å². The van der Waals surface area contributed by atoms with Crippen molar-refractivity contribution in [1.82, 2.24) is 4.98 Å².